The lowest BCUT2D eigenvalue weighted by Crippen LogP contribution is -2.64. The Morgan fingerprint density at radius 3 is 2.56 bits per heavy atom. The van der Waals surface area contributed by atoms with Gasteiger partial charge in [0.1, 0.15) is 12.2 Å². The maximum atomic E-state index is 12.9. The van der Waals surface area contributed by atoms with Crippen molar-refractivity contribution in [2.45, 2.75) is 62.9 Å². The van der Waals surface area contributed by atoms with Gasteiger partial charge in [-0.3, -0.25) is 9.59 Å². The largest absolute Gasteiger partial charge is 0.455 e. The van der Waals surface area contributed by atoms with E-state index in [1.54, 1.807) is 13.0 Å². The summed E-state index contributed by atoms with van der Waals surface area (Å²) in [5.74, 6) is -1.97. The molecule has 8 atom stereocenters. The number of esters is 2. The molecule has 32 heavy (non-hydrogen) atoms. The van der Waals surface area contributed by atoms with Gasteiger partial charge in [0, 0.05) is 19.1 Å². The number of aliphatic hydroxyl groups is 1. The Hall–Kier alpha value is -2.30. The van der Waals surface area contributed by atoms with Crippen LogP contribution in [0.1, 0.15) is 31.6 Å². The summed E-state index contributed by atoms with van der Waals surface area (Å²) < 4.78 is 34.8. The number of hydrogen-bond donors (Lipinski definition) is 1. The number of ether oxygens (including phenoxy) is 6. The number of allylic oxidation sites excluding steroid dienone is 1. The van der Waals surface area contributed by atoms with E-state index in [1.165, 1.54) is 13.2 Å². The van der Waals surface area contributed by atoms with Crippen LogP contribution in [0.2, 0.25) is 0 Å². The SMILES string of the molecule is CO[C@H]1O[C@@H]2COC(c3ccccc3)O[C@H]2[C@@H]2OC(=O)[C@H](C)[C@@H](O)C=CCCC(=O)O[C@@H]12. The molecular formula is C23H28O9. The van der Waals surface area contributed by atoms with E-state index in [0.717, 1.165) is 5.56 Å². The van der Waals surface area contributed by atoms with Crippen LogP contribution >= 0.6 is 0 Å². The third kappa shape index (κ3) is 4.87. The molecule has 3 aliphatic rings. The lowest BCUT2D eigenvalue weighted by Gasteiger charge is -2.48. The molecular weight excluding hydrogens is 420 g/mol. The van der Waals surface area contributed by atoms with E-state index >= 15 is 0 Å². The minimum atomic E-state index is -1.04. The number of fused-ring (bicyclic) bond motifs is 3. The molecule has 0 radical (unpaired) electrons. The summed E-state index contributed by atoms with van der Waals surface area (Å²) in [4.78, 5) is 25.3. The van der Waals surface area contributed by atoms with Gasteiger partial charge in [-0.05, 0) is 13.3 Å². The standard InChI is InChI=1S/C23H28O9/c1-13-15(24)10-6-7-11-17(25)30-20-19(31-21(13)26)18-16(29-23(20)27-2)12-28-22(32-18)14-8-4-3-5-9-14/h3-6,8-10,13,15-16,18-20,22-24H,7,11-12H2,1-2H3/t13-,15+,16-,18-,19+,20-,22?,23+/m1/s1. The first-order chi connectivity index (χ1) is 15.5. The highest BCUT2D eigenvalue weighted by molar-refractivity contribution is 5.74. The van der Waals surface area contributed by atoms with Crippen molar-refractivity contribution in [3.63, 3.8) is 0 Å². The number of hydrogen-bond acceptors (Lipinski definition) is 9. The van der Waals surface area contributed by atoms with Crippen molar-refractivity contribution in [1.29, 1.82) is 0 Å². The van der Waals surface area contributed by atoms with Gasteiger partial charge in [-0.1, -0.05) is 42.5 Å². The summed E-state index contributed by atoms with van der Waals surface area (Å²) in [5, 5.41) is 10.3. The van der Waals surface area contributed by atoms with E-state index in [0.29, 0.717) is 6.42 Å². The van der Waals surface area contributed by atoms with E-state index in [4.69, 9.17) is 28.4 Å². The van der Waals surface area contributed by atoms with Gasteiger partial charge >= 0.3 is 11.9 Å². The highest BCUT2D eigenvalue weighted by atomic mass is 16.8. The van der Waals surface area contributed by atoms with Gasteiger partial charge in [0.2, 0.25) is 0 Å². The Kier molecular flexibility index (Phi) is 7.22. The summed E-state index contributed by atoms with van der Waals surface area (Å²) >= 11 is 0. The molecule has 3 aliphatic heterocycles. The summed E-state index contributed by atoms with van der Waals surface area (Å²) in [5.41, 5.74) is 0.793. The number of methoxy groups -OCH3 is 1. The highest BCUT2D eigenvalue weighted by Crippen LogP contribution is 2.37. The van der Waals surface area contributed by atoms with Crippen LogP contribution in [0.4, 0.5) is 0 Å². The number of benzene rings is 1. The van der Waals surface area contributed by atoms with Crippen molar-refractivity contribution in [2.24, 2.45) is 5.92 Å². The molecule has 1 aromatic carbocycles. The van der Waals surface area contributed by atoms with Gasteiger partial charge in [0.15, 0.2) is 24.8 Å². The molecule has 0 aromatic heterocycles. The molecule has 2 saturated heterocycles. The second kappa shape index (κ2) is 10.1. The molecule has 0 bridgehead atoms. The van der Waals surface area contributed by atoms with E-state index in [-0.39, 0.29) is 13.0 Å². The van der Waals surface area contributed by atoms with Gasteiger partial charge in [0.25, 0.3) is 0 Å². The maximum absolute atomic E-state index is 12.9. The summed E-state index contributed by atoms with van der Waals surface area (Å²) in [6.45, 7) is 1.74. The first-order valence-electron chi connectivity index (χ1n) is 10.7. The smallest absolute Gasteiger partial charge is 0.312 e. The molecule has 2 fully saturated rings. The minimum absolute atomic E-state index is 0.0932. The van der Waals surface area contributed by atoms with Crippen LogP contribution in [0, 0.1) is 5.92 Å². The Labute approximate surface area is 186 Å². The predicted octanol–water partition coefficient (Wildman–Crippen LogP) is 1.64. The van der Waals surface area contributed by atoms with Gasteiger partial charge < -0.3 is 33.5 Å². The molecule has 0 saturated carbocycles. The third-order valence-corrected chi connectivity index (χ3v) is 5.84. The Balaban J connectivity index is 1.65. The molecule has 1 N–H and O–H groups in total. The number of carbonyl (C=O) groups excluding carboxylic acids is 2. The van der Waals surface area contributed by atoms with Crippen molar-refractivity contribution in [3.8, 4) is 0 Å². The Bertz CT molecular complexity index is 826. The van der Waals surface area contributed by atoms with Crippen LogP contribution in [0.15, 0.2) is 42.5 Å². The lowest BCUT2D eigenvalue weighted by atomic mass is 9.96. The Morgan fingerprint density at radius 1 is 1.03 bits per heavy atom. The molecule has 0 aliphatic carbocycles. The predicted molar refractivity (Wildman–Crippen MR) is 109 cm³/mol. The first-order valence-corrected chi connectivity index (χ1v) is 10.7. The number of rotatable bonds is 2. The monoisotopic (exact) mass is 448 g/mol. The van der Waals surface area contributed by atoms with Gasteiger partial charge in [0.05, 0.1) is 18.6 Å². The molecule has 9 nitrogen and oxygen atoms in total. The second-order valence-corrected chi connectivity index (χ2v) is 8.06. The van der Waals surface area contributed by atoms with Crippen LogP contribution < -0.4 is 0 Å². The van der Waals surface area contributed by atoms with Crippen molar-refractivity contribution in [3.05, 3.63) is 48.0 Å². The molecule has 4 rings (SSSR count). The first kappa shape index (κ1) is 22.9. The fraction of sp³-hybridized carbons (Fsp3) is 0.565. The number of carbonyl (C=O) groups is 2. The van der Waals surface area contributed by atoms with Crippen LogP contribution in [0.5, 0.6) is 0 Å². The van der Waals surface area contributed by atoms with Crippen molar-refractivity contribution in [2.75, 3.05) is 13.7 Å². The van der Waals surface area contributed by atoms with E-state index in [2.05, 4.69) is 0 Å². The molecule has 1 unspecified atom stereocenters. The van der Waals surface area contributed by atoms with Gasteiger partial charge in [-0.25, -0.2) is 0 Å². The molecule has 1 aromatic rings. The van der Waals surface area contributed by atoms with Crippen molar-refractivity contribution >= 4 is 11.9 Å². The quantitative estimate of drug-likeness (QED) is 0.533. The van der Waals surface area contributed by atoms with E-state index in [9.17, 15) is 14.7 Å². The van der Waals surface area contributed by atoms with Crippen molar-refractivity contribution in [1.82, 2.24) is 0 Å². The highest BCUT2D eigenvalue weighted by Gasteiger charge is 2.54. The Morgan fingerprint density at radius 2 is 1.81 bits per heavy atom. The van der Waals surface area contributed by atoms with E-state index in [1.807, 2.05) is 30.3 Å². The van der Waals surface area contributed by atoms with E-state index < -0.39 is 61.0 Å². The maximum Gasteiger partial charge on any atom is 0.312 e. The van der Waals surface area contributed by atoms with Crippen LogP contribution in [-0.2, 0) is 38.0 Å². The average molecular weight is 448 g/mol. The van der Waals surface area contributed by atoms with Crippen LogP contribution in [0.25, 0.3) is 0 Å². The fourth-order valence-corrected chi connectivity index (χ4v) is 3.97. The fourth-order valence-electron chi connectivity index (χ4n) is 3.97. The van der Waals surface area contributed by atoms with Crippen LogP contribution in [-0.4, -0.2) is 67.6 Å². The topological polar surface area (TPSA) is 110 Å². The summed E-state index contributed by atoms with van der Waals surface area (Å²) in [7, 11) is 1.42. The number of aliphatic hydroxyl groups excluding tert-OH is 1. The summed E-state index contributed by atoms with van der Waals surface area (Å²) in [6, 6.07) is 9.34. The zero-order chi connectivity index (χ0) is 22.7. The summed E-state index contributed by atoms with van der Waals surface area (Å²) in [6.07, 6.45) is -2.58. The molecule has 0 spiro atoms. The molecule has 0 amide bonds. The molecule has 3 heterocycles. The average Bonchev–Trinajstić information content (AvgIpc) is 2.81. The van der Waals surface area contributed by atoms with Gasteiger partial charge in [-0.15, -0.1) is 0 Å². The zero-order valence-electron chi connectivity index (χ0n) is 18.0. The molecule has 9 heteroatoms. The lowest BCUT2D eigenvalue weighted by molar-refractivity contribution is -0.360. The van der Waals surface area contributed by atoms with Gasteiger partial charge in [-0.2, -0.15) is 0 Å². The minimum Gasteiger partial charge on any atom is -0.455 e. The zero-order valence-corrected chi connectivity index (χ0v) is 18.0. The van der Waals surface area contributed by atoms with Crippen LogP contribution in [0.3, 0.4) is 0 Å². The third-order valence-electron chi connectivity index (χ3n) is 5.84. The van der Waals surface area contributed by atoms with Crippen molar-refractivity contribution < 1.29 is 43.1 Å². The molecule has 174 valence electrons. The normalized spacial score (nSPS) is 38.3. The second-order valence-electron chi connectivity index (χ2n) is 8.06.